The standard InChI is InChI=1S/C11H13F3O3S/c1-2-3-8-17-18(15,16)10-6-4-9(5-7-10)11(12,13)14/h4-7H,2-3,8H2,1H3. The van der Waals surface area contributed by atoms with Crippen molar-refractivity contribution in [3.05, 3.63) is 29.8 Å². The van der Waals surface area contributed by atoms with Gasteiger partial charge in [0.25, 0.3) is 10.1 Å². The van der Waals surface area contributed by atoms with Gasteiger partial charge in [-0.3, -0.25) is 4.18 Å². The molecule has 3 nitrogen and oxygen atoms in total. The van der Waals surface area contributed by atoms with E-state index in [9.17, 15) is 21.6 Å². The van der Waals surface area contributed by atoms with Gasteiger partial charge in [0.15, 0.2) is 0 Å². The smallest absolute Gasteiger partial charge is 0.266 e. The SMILES string of the molecule is CCCCOS(=O)(=O)c1ccc(C(F)(F)F)cc1. The molecule has 0 aliphatic carbocycles. The first-order valence-electron chi connectivity index (χ1n) is 5.34. The van der Waals surface area contributed by atoms with Crippen LogP contribution in [-0.4, -0.2) is 15.0 Å². The summed E-state index contributed by atoms with van der Waals surface area (Å²) in [6.45, 7) is 1.90. The molecule has 0 bridgehead atoms. The van der Waals surface area contributed by atoms with Crippen molar-refractivity contribution in [2.24, 2.45) is 0 Å². The fraction of sp³-hybridized carbons (Fsp3) is 0.455. The van der Waals surface area contributed by atoms with Crippen LogP contribution in [0.4, 0.5) is 13.2 Å². The zero-order valence-electron chi connectivity index (χ0n) is 9.70. The molecule has 0 radical (unpaired) electrons. The van der Waals surface area contributed by atoms with Gasteiger partial charge in [-0.15, -0.1) is 0 Å². The van der Waals surface area contributed by atoms with Gasteiger partial charge >= 0.3 is 6.18 Å². The molecule has 0 aliphatic rings. The van der Waals surface area contributed by atoms with Crippen LogP contribution in [0, 0.1) is 0 Å². The molecule has 0 fully saturated rings. The van der Waals surface area contributed by atoms with E-state index in [1.165, 1.54) is 0 Å². The van der Waals surface area contributed by atoms with Crippen molar-refractivity contribution >= 4 is 10.1 Å². The summed E-state index contributed by atoms with van der Waals surface area (Å²) >= 11 is 0. The number of rotatable bonds is 5. The topological polar surface area (TPSA) is 43.4 Å². The molecule has 0 saturated carbocycles. The zero-order chi connectivity index (χ0) is 13.8. The highest BCUT2D eigenvalue weighted by Gasteiger charge is 2.30. The minimum atomic E-state index is -4.48. The number of halogens is 3. The Morgan fingerprint density at radius 3 is 2.17 bits per heavy atom. The molecular formula is C11H13F3O3S. The predicted octanol–water partition coefficient (Wildman–Crippen LogP) is 3.21. The normalized spacial score (nSPS) is 12.7. The van der Waals surface area contributed by atoms with E-state index in [1.54, 1.807) is 0 Å². The lowest BCUT2D eigenvalue weighted by Crippen LogP contribution is -2.09. The summed E-state index contributed by atoms with van der Waals surface area (Å²) in [5.41, 5.74) is -0.894. The van der Waals surface area contributed by atoms with Crippen LogP contribution in [0.25, 0.3) is 0 Å². The Hall–Kier alpha value is -1.08. The van der Waals surface area contributed by atoms with E-state index in [-0.39, 0.29) is 11.5 Å². The average Bonchev–Trinajstić information content (AvgIpc) is 2.28. The zero-order valence-corrected chi connectivity index (χ0v) is 10.5. The molecule has 0 aromatic heterocycles. The molecule has 1 aromatic rings. The molecule has 0 amide bonds. The number of hydrogen-bond donors (Lipinski definition) is 0. The van der Waals surface area contributed by atoms with Crippen molar-refractivity contribution in [1.29, 1.82) is 0 Å². The molecule has 0 aliphatic heterocycles. The Morgan fingerprint density at radius 2 is 1.72 bits per heavy atom. The Morgan fingerprint density at radius 1 is 1.17 bits per heavy atom. The molecule has 0 heterocycles. The number of hydrogen-bond acceptors (Lipinski definition) is 3. The number of unbranched alkanes of at least 4 members (excludes halogenated alkanes) is 1. The first-order valence-corrected chi connectivity index (χ1v) is 6.75. The van der Waals surface area contributed by atoms with Crippen LogP contribution < -0.4 is 0 Å². The minimum Gasteiger partial charge on any atom is -0.266 e. The highest BCUT2D eigenvalue weighted by Crippen LogP contribution is 2.29. The van der Waals surface area contributed by atoms with Crippen LogP contribution in [0.5, 0.6) is 0 Å². The summed E-state index contributed by atoms with van der Waals surface area (Å²) in [6.07, 6.45) is -3.15. The summed E-state index contributed by atoms with van der Waals surface area (Å²) in [5.74, 6) is 0. The summed E-state index contributed by atoms with van der Waals surface area (Å²) in [6, 6.07) is 3.22. The van der Waals surface area contributed by atoms with Gasteiger partial charge < -0.3 is 0 Å². The highest BCUT2D eigenvalue weighted by atomic mass is 32.2. The first kappa shape index (κ1) is 15.0. The van der Waals surface area contributed by atoms with E-state index < -0.39 is 21.9 Å². The van der Waals surface area contributed by atoms with Crippen molar-refractivity contribution in [1.82, 2.24) is 0 Å². The van der Waals surface area contributed by atoms with Gasteiger partial charge in [-0.1, -0.05) is 13.3 Å². The van der Waals surface area contributed by atoms with Gasteiger partial charge in [-0.2, -0.15) is 21.6 Å². The van der Waals surface area contributed by atoms with Crippen molar-refractivity contribution in [3.63, 3.8) is 0 Å². The second-order valence-electron chi connectivity index (χ2n) is 3.65. The largest absolute Gasteiger partial charge is 0.416 e. The third-order valence-corrected chi connectivity index (χ3v) is 3.53. The molecule has 0 atom stereocenters. The van der Waals surface area contributed by atoms with E-state index in [2.05, 4.69) is 4.18 Å². The van der Waals surface area contributed by atoms with Gasteiger partial charge in [0.1, 0.15) is 0 Å². The van der Waals surface area contributed by atoms with Crippen LogP contribution in [0.15, 0.2) is 29.2 Å². The van der Waals surface area contributed by atoms with Crippen molar-refractivity contribution in [2.45, 2.75) is 30.8 Å². The Balaban J connectivity index is 2.85. The van der Waals surface area contributed by atoms with Crippen molar-refractivity contribution < 1.29 is 25.8 Å². The second-order valence-corrected chi connectivity index (χ2v) is 5.27. The minimum absolute atomic E-state index is 0.0276. The van der Waals surface area contributed by atoms with Crippen LogP contribution in [-0.2, 0) is 20.5 Å². The number of alkyl halides is 3. The van der Waals surface area contributed by atoms with Crippen LogP contribution in [0.2, 0.25) is 0 Å². The van der Waals surface area contributed by atoms with E-state index in [0.29, 0.717) is 6.42 Å². The molecule has 102 valence electrons. The third kappa shape index (κ3) is 3.99. The molecule has 1 aromatic carbocycles. The van der Waals surface area contributed by atoms with Gasteiger partial charge in [-0.25, -0.2) is 0 Å². The van der Waals surface area contributed by atoms with Crippen LogP contribution in [0.3, 0.4) is 0 Å². The Labute approximate surface area is 104 Å². The van der Waals surface area contributed by atoms with E-state index in [4.69, 9.17) is 0 Å². The maximum Gasteiger partial charge on any atom is 0.416 e. The fourth-order valence-electron chi connectivity index (χ4n) is 1.19. The van der Waals surface area contributed by atoms with Crippen LogP contribution >= 0.6 is 0 Å². The maximum atomic E-state index is 12.3. The lowest BCUT2D eigenvalue weighted by molar-refractivity contribution is -0.137. The van der Waals surface area contributed by atoms with Gasteiger partial charge in [0.05, 0.1) is 17.1 Å². The lowest BCUT2D eigenvalue weighted by atomic mass is 10.2. The number of benzene rings is 1. The van der Waals surface area contributed by atoms with Crippen molar-refractivity contribution in [3.8, 4) is 0 Å². The molecule has 0 N–H and O–H groups in total. The predicted molar refractivity (Wildman–Crippen MR) is 59.5 cm³/mol. The van der Waals surface area contributed by atoms with Gasteiger partial charge in [0, 0.05) is 0 Å². The van der Waals surface area contributed by atoms with Gasteiger partial charge in [-0.05, 0) is 30.7 Å². The second kappa shape index (κ2) is 5.71. The lowest BCUT2D eigenvalue weighted by Gasteiger charge is -2.08. The average molecular weight is 282 g/mol. The molecule has 0 saturated heterocycles. The molecular weight excluding hydrogens is 269 g/mol. The maximum absolute atomic E-state index is 12.3. The summed E-state index contributed by atoms with van der Waals surface area (Å²) < 4.78 is 64.7. The summed E-state index contributed by atoms with van der Waals surface area (Å²) in [4.78, 5) is -0.272. The molecule has 0 spiro atoms. The van der Waals surface area contributed by atoms with E-state index in [1.807, 2.05) is 6.92 Å². The Bertz CT molecular complexity index is 477. The molecule has 18 heavy (non-hydrogen) atoms. The van der Waals surface area contributed by atoms with E-state index >= 15 is 0 Å². The van der Waals surface area contributed by atoms with Crippen LogP contribution in [0.1, 0.15) is 25.3 Å². The fourth-order valence-corrected chi connectivity index (χ4v) is 2.13. The first-order chi connectivity index (χ1) is 8.27. The van der Waals surface area contributed by atoms with E-state index in [0.717, 1.165) is 30.7 Å². The summed E-state index contributed by atoms with van der Waals surface area (Å²) in [7, 11) is -3.96. The molecule has 0 unspecified atom stereocenters. The van der Waals surface area contributed by atoms with Crippen molar-refractivity contribution in [2.75, 3.05) is 6.61 Å². The van der Waals surface area contributed by atoms with Gasteiger partial charge in [0.2, 0.25) is 0 Å². The highest BCUT2D eigenvalue weighted by molar-refractivity contribution is 7.86. The molecule has 7 heteroatoms. The Kier molecular flexibility index (Phi) is 4.75. The molecule has 1 rings (SSSR count). The quantitative estimate of drug-likeness (QED) is 0.615. The monoisotopic (exact) mass is 282 g/mol. The third-order valence-electron chi connectivity index (χ3n) is 2.21. The summed E-state index contributed by atoms with van der Waals surface area (Å²) in [5, 5.41) is 0.